The van der Waals surface area contributed by atoms with E-state index >= 15 is 0 Å². The quantitative estimate of drug-likeness (QED) is 0.617. The van der Waals surface area contributed by atoms with Crippen molar-refractivity contribution in [3.05, 3.63) is 45.1 Å². The van der Waals surface area contributed by atoms with Crippen molar-refractivity contribution >= 4 is 16.8 Å². The van der Waals surface area contributed by atoms with Crippen LogP contribution in [-0.4, -0.2) is 59.8 Å². The van der Waals surface area contributed by atoms with Crippen LogP contribution in [0, 0.1) is 0 Å². The average Bonchev–Trinajstić information content (AvgIpc) is 2.71. The number of amides is 1. The lowest BCUT2D eigenvalue weighted by molar-refractivity contribution is -0.121. The minimum atomic E-state index is -0.385. The highest BCUT2D eigenvalue weighted by atomic mass is 16.5. The second-order valence-corrected chi connectivity index (χ2v) is 7.05. The zero-order valence-corrected chi connectivity index (χ0v) is 16.1. The molecular formula is C20H28N4O4. The molecule has 0 atom stereocenters. The van der Waals surface area contributed by atoms with Gasteiger partial charge in [-0.1, -0.05) is 18.6 Å². The Labute approximate surface area is 163 Å². The number of morpholine rings is 1. The van der Waals surface area contributed by atoms with Gasteiger partial charge in [0.2, 0.25) is 5.91 Å². The van der Waals surface area contributed by atoms with Gasteiger partial charge in [-0.15, -0.1) is 0 Å². The fraction of sp³-hybridized carbons (Fsp3) is 0.550. The van der Waals surface area contributed by atoms with E-state index in [1.807, 2.05) is 0 Å². The summed E-state index contributed by atoms with van der Waals surface area (Å²) in [6.07, 6.45) is 2.67. The van der Waals surface area contributed by atoms with Gasteiger partial charge in [-0.05, 0) is 25.0 Å². The molecule has 0 unspecified atom stereocenters. The van der Waals surface area contributed by atoms with Gasteiger partial charge >= 0.3 is 5.69 Å². The number of H-pyrrole nitrogens is 1. The molecule has 8 heteroatoms. The number of aromatic amines is 1. The van der Waals surface area contributed by atoms with Crippen molar-refractivity contribution in [1.29, 1.82) is 0 Å². The SMILES string of the molecule is O=C(CCCCCn1c(=O)[nH]c2ccccc2c1=O)NCCN1CCOCC1. The van der Waals surface area contributed by atoms with Crippen molar-refractivity contribution in [2.45, 2.75) is 32.2 Å². The number of hydrogen-bond acceptors (Lipinski definition) is 5. The van der Waals surface area contributed by atoms with E-state index in [0.717, 1.165) is 45.7 Å². The fourth-order valence-electron chi connectivity index (χ4n) is 3.40. The largest absolute Gasteiger partial charge is 0.379 e. The molecule has 1 aromatic heterocycles. The Morgan fingerprint density at radius 1 is 1.07 bits per heavy atom. The second-order valence-electron chi connectivity index (χ2n) is 7.05. The Hall–Kier alpha value is -2.45. The highest BCUT2D eigenvalue weighted by Gasteiger charge is 2.10. The highest BCUT2D eigenvalue weighted by Crippen LogP contribution is 2.05. The zero-order valence-electron chi connectivity index (χ0n) is 16.1. The molecule has 0 spiro atoms. The maximum Gasteiger partial charge on any atom is 0.328 e. The van der Waals surface area contributed by atoms with Crippen molar-refractivity contribution in [2.24, 2.45) is 0 Å². The highest BCUT2D eigenvalue weighted by molar-refractivity contribution is 5.77. The molecule has 1 saturated heterocycles. The summed E-state index contributed by atoms with van der Waals surface area (Å²) < 4.78 is 6.54. The molecule has 1 aliphatic heterocycles. The number of carbonyl (C=O) groups excluding carboxylic acids is 1. The van der Waals surface area contributed by atoms with Crippen LogP contribution in [0.2, 0.25) is 0 Å². The monoisotopic (exact) mass is 388 g/mol. The first-order valence-electron chi connectivity index (χ1n) is 9.94. The Balaban J connectivity index is 1.35. The minimum Gasteiger partial charge on any atom is -0.379 e. The van der Waals surface area contributed by atoms with Crippen LogP contribution in [0.25, 0.3) is 10.9 Å². The molecule has 2 aromatic rings. The van der Waals surface area contributed by atoms with Crippen molar-refractivity contribution < 1.29 is 9.53 Å². The van der Waals surface area contributed by atoms with E-state index < -0.39 is 0 Å². The van der Waals surface area contributed by atoms with Gasteiger partial charge in [0.1, 0.15) is 0 Å². The van der Waals surface area contributed by atoms with Gasteiger partial charge in [0.05, 0.1) is 24.1 Å². The summed E-state index contributed by atoms with van der Waals surface area (Å²) in [6.45, 7) is 5.22. The van der Waals surface area contributed by atoms with Crippen molar-refractivity contribution in [1.82, 2.24) is 19.8 Å². The van der Waals surface area contributed by atoms with Gasteiger partial charge in [0, 0.05) is 39.1 Å². The smallest absolute Gasteiger partial charge is 0.328 e. The van der Waals surface area contributed by atoms with Crippen LogP contribution in [0.15, 0.2) is 33.9 Å². The van der Waals surface area contributed by atoms with Gasteiger partial charge in [-0.2, -0.15) is 0 Å². The lowest BCUT2D eigenvalue weighted by Crippen LogP contribution is -2.41. The predicted molar refractivity (Wildman–Crippen MR) is 108 cm³/mol. The molecule has 2 N–H and O–H groups in total. The molecule has 1 amide bonds. The summed E-state index contributed by atoms with van der Waals surface area (Å²) in [4.78, 5) is 41.5. The Morgan fingerprint density at radius 2 is 1.86 bits per heavy atom. The first-order chi connectivity index (χ1) is 13.6. The van der Waals surface area contributed by atoms with Gasteiger partial charge in [0.25, 0.3) is 5.56 Å². The summed E-state index contributed by atoms with van der Waals surface area (Å²) >= 11 is 0. The van der Waals surface area contributed by atoms with Gasteiger partial charge in [-0.3, -0.25) is 19.1 Å². The topological polar surface area (TPSA) is 96.4 Å². The molecule has 152 valence electrons. The number of nitrogens with one attached hydrogen (secondary N) is 2. The summed E-state index contributed by atoms with van der Waals surface area (Å²) in [5.74, 6) is 0.0500. The Kier molecular flexibility index (Phi) is 7.39. The average molecular weight is 388 g/mol. The standard InChI is InChI=1S/C20H28N4O4/c25-18(21-9-11-23-12-14-28-15-13-23)8-2-1-5-10-24-19(26)16-6-3-4-7-17(16)22-20(24)27/h3-4,6-7H,1-2,5,8-15H2,(H,21,25)(H,22,27). The Morgan fingerprint density at radius 3 is 2.68 bits per heavy atom. The molecule has 3 rings (SSSR count). The molecule has 28 heavy (non-hydrogen) atoms. The number of benzene rings is 1. The molecule has 1 fully saturated rings. The molecule has 8 nitrogen and oxygen atoms in total. The number of fused-ring (bicyclic) bond motifs is 1. The molecular weight excluding hydrogens is 360 g/mol. The summed E-state index contributed by atoms with van der Waals surface area (Å²) in [5, 5.41) is 3.46. The minimum absolute atomic E-state index is 0.0500. The van der Waals surface area contributed by atoms with E-state index in [9.17, 15) is 14.4 Å². The summed E-state index contributed by atoms with van der Waals surface area (Å²) in [5.41, 5.74) is -0.0905. The third-order valence-electron chi connectivity index (χ3n) is 5.03. The van der Waals surface area contributed by atoms with Gasteiger partial charge < -0.3 is 15.0 Å². The van der Waals surface area contributed by atoms with E-state index in [4.69, 9.17) is 4.74 Å². The molecule has 0 bridgehead atoms. The first-order valence-corrected chi connectivity index (χ1v) is 9.94. The number of carbonyl (C=O) groups is 1. The predicted octanol–water partition coefficient (Wildman–Crippen LogP) is 0.699. The van der Waals surface area contributed by atoms with Gasteiger partial charge in [-0.25, -0.2) is 4.79 Å². The third kappa shape index (κ3) is 5.53. The second kappa shape index (κ2) is 10.2. The third-order valence-corrected chi connectivity index (χ3v) is 5.03. The lowest BCUT2D eigenvalue weighted by atomic mass is 10.2. The van der Waals surface area contributed by atoms with E-state index in [0.29, 0.717) is 36.8 Å². The number of aromatic nitrogens is 2. The number of ether oxygens (including phenoxy) is 1. The zero-order chi connectivity index (χ0) is 19.8. The number of unbranched alkanes of at least 4 members (excludes halogenated alkanes) is 2. The van der Waals surface area contributed by atoms with Crippen LogP contribution in [0.3, 0.4) is 0 Å². The van der Waals surface area contributed by atoms with Crippen LogP contribution in [0.4, 0.5) is 0 Å². The number of nitrogens with zero attached hydrogens (tertiary/aromatic N) is 2. The number of para-hydroxylation sites is 1. The molecule has 2 heterocycles. The molecule has 1 aromatic carbocycles. The van der Waals surface area contributed by atoms with Crippen LogP contribution < -0.4 is 16.6 Å². The van der Waals surface area contributed by atoms with E-state index in [-0.39, 0.29) is 17.2 Å². The van der Waals surface area contributed by atoms with Crippen LogP contribution in [0.5, 0.6) is 0 Å². The van der Waals surface area contributed by atoms with E-state index in [1.165, 1.54) is 4.57 Å². The maximum absolute atomic E-state index is 12.4. The first kappa shape index (κ1) is 20.3. The summed E-state index contributed by atoms with van der Waals surface area (Å²) in [7, 11) is 0. The van der Waals surface area contributed by atoms with Crippen molar-refractivity contribution in [2.75, 3.05) is 39.4 Å². The van der Waals surface area contributed by atoms with Crippen LogP contribution in [-0.2, 0) is 16.1 Å². The maximum atomic E-state index is 12.4. The molecule has 0 saturated carbocycles. The van der Waals surface area contributed by atoms with Crippen molar-refractivity contribution in [3.8, 4) is 0 Å². The molecule has 0 aliphatic carbocycles. The fourth-order valence-corrected chi connectivity index (χ4v) is 3.40. The lowest BCUT2D eigenvalue weighted by Gasteiger charge is -2.26. The number of rotatable bonds is 9. The summed E-state index contributed by atoms with van der Waals surface area (Å²) in [6, 6.07) is 7.00. The normalized spacial score (nSPS) is 15.0. The molecule has 0 radical (unpaired) electrons. The number of hydrogen-bond donors (Lipinski definition) is 2. The van der Waals surface area contributed by atoms with E-state index in [2.05, 4.69) is 15.2 Å². The van der Waals surface area contributed by atoms with Gasteiger partial charge in [0.15, 0.2) is 0 Å². The molecule has 1 aliphatic rings. The van der Waals surface area contributed by atoms with Crippen LogP contribution in [0.1, 0.15) is 25.7 Å². The van der Waals surface area contributed by atoms with Crippen LogP contribution >= 0.6 is 0 Å². The van der Waals surface area contributed by atoms with Crippen molar-refractivity contribution in [3.63, 3.8) is 0 Å². The Bertz CT molecular complexity index is 899. The van der Waals surface area contributed by atoms with E-state index in [1.54, 1.807) is 24.3 Å².